The molecule has 2 rings (SSSR count). The van der Waals surface area contributed by atoms with Crippen molar-refractivity contribution in [1.82, 2.24) is 9.55 Å². The van der Waals surface area contributed by atoms with Crippen molar-refractivity contribution in [3.63, 3.8) is 0 Å². The monoisotopic (exact) mass is 326 g/mol. The molecule has 1 aromatic heterocycles. The maximum Gasteiger partial charge on any atom is 0.356 e. The molecule has 0 aliphatic heterocycles. The van der Waals surface area contributed by atoms with Crippen LogP contribution in [0.3, 0.4) is 0 Å². The molecular weight excluding hydrogens is 315 g/mol. The molecular formula is C13H12BrFN2O2. The van der Waals surface area contributed by atoms with Crippen LogP contribution in [0.5, 0.6) is 0 Å². The van der Waals surface area contributed by atoms with Gasteiger partial charge in [-0.2, -0.15) is 0 Å². The average molecular weight is 327 g/mol. The van der Waals surface area contributed by atoms with Crippen molar-refractivity contribution in [1.29, 1.82) is 0 Å². The van der Waals surface area contributed by atoms with Gasteiger partial charge in [0.15, 0.2) is 0 Å². The average Bonchev–Trinajstić information content (AvgIpc) is 2.73. The van der Waals surface area contributed by atoms with E-state index in [9.17, 15) is 9.18 Å². The van der Waals surface area contributed by atoms with Gasteiger partial charge in [0.1, 0.15) is 17.3 Å². The number of aromatic nitrogens is 2. The Morgan fingerprint density at radius 1 is 1.53 bits per heavy atom. The lowest BCUT2D eigenvalue weighted by molar-refractivity contribution is 0.0588. The maximum atomic E-state index is 13.8. The molecule has 1 aromatic carbocycles. The first kappa shape index (κ1) is 13.7. The van der Waals surface area contributed by atoms with Gasteiger partial charge >= 0.3 is 5.97 Å². The molecule has 0 saturated carbocycles. The predicted molar refractivity (Wildman–Crippen MR) is 71.5 cm³/mol. The first-order valence-electron chi connectivity index (χ1n) is 5.57. The number of nitrogens with zero attached hydrogens (tertiary/aromatic N) is 2. The summed E-state index contributed by atoms with van der Waals surface area (Å²) in [4.78, 5) is 15.7. The Balaban J connectivity index is 2.38. The molecule has 0 saturated heterocycles. The predicted octanol–water partition coefficient (Wildman–Crippen LogP) is 2.93. The summed E-state index contributed by atoms with van der Waals surface area (Å²) in [5.41, 5.74) is 0.789. The molecule has 1 heterocycles. The van der Waals surface area contributed by atoms with Gasteiger partial charge in [0.05, 0.1) is 19.9 Å². The van der Waals surface area contributed by atoms with E-state index in [0.29, 0.717) is 21.6 Å². The van der Waals surface area contributed by atoms with E-state index < -0.39 is 5.97 Å². The summed E-state index contributed by atoms with van der Waals surface area (Å²) in [6, 6.07) is 4.81. The smallest absolute Gasteiger partial charge is 0.356 e. The number of ether oxygens (including phenoxy) is 1. The number of carbonyl (C=O) groups is 1. The van der Waals surface area contributed by atoms with Gasteiger partial charge in [-0.3, -0.25) is 0 Å². The van der Waals surface area contributed by atoms with Crippen LogP contribution in [-0.2, 0) is 11.3 Å². The minimum Gasteiger partial charge on any atom is -0.464 e. The van der Waals surface area contributed by atoms with Crippen LogP contribution in [0.25, 0.3) is 0 Å². The van der Waals surface area contributed by atoms with Crippen LogP contribution in [0.15, 0.2) is 28.9 Å². The zero-order valence-corrected chi connectivity index (χ0v) is 12.1. The standard InChI is InChI=1S/C13H12BrFN2O2/c1-8-16-6-12(13(18)19-2)17(8)7-9-3-4-10(14)5-11(9)15/h3-6H,7H2,1-2H3. The van der Waals surface area contributed by atoms with Crippen molar-refractivity contribution >= 4 is 21.9 Å². The zero-order valence-electron chi connectivity index (χ0n) is 10.5. The fourth-order valence-electron chi connectivity index (χ4n) is 1.76. The summed E-state index contributed by atoms with van der Waals surface area (Å²) in [6.45, 7) is 1.98. The van der Waals surface area contributed by atoms with Crippen LogP contribution in [-0.4, -0.2) is 22.6 Å². The second kappa shape index (κ2) is 5.52. The number of hydrogen-bond donors (Lipinski definition) is 0. The first-order valence-corrected chi connectivity index (χ1v) is 6.36. The van der Waals surface area contributed by atoms with Gasteiger partial charge in [0.25, 0.3) is 0 Å². The molecule has 100 valence electrons. The lowest BCUT2D eigenvalue weighted by Crippen LogP contribution is -2.13. The number of methoxy groups -OCH3 is 1. The number of halogens is 2. The summed E-state index contributed by atoms with van der Waals surface area (Å²) >= 11 is 3.20. The number of esters is 1. The van der Waals surface area contributed by atoms with Crippen LogP contribution in [0.2, 0.25) is 0 Å². The fourth-order valence-corrected chi connectivity index (χ4v) is 2.09. The first-order chi connectivity index (χ1) is 9.02. The highest BCUT2D eigenvalue weighted by molar-refractivity contribution is 9.10. The molecule has 0 unspecified atom stereocenters. The van der Waals surface area contributed by atoms with Gasteiger partial charge in [0.2, 0.25) is 0 Å². The number of benzene rings is 1. The largest absolute Gasteiger partial charge is 0.464 e. The van der Waals surface area contributed by atoms with E-state index in [0.717, 1.165) is 0 Å². The molecule has 0 N–H and O–H groups in total. The van der Waals surface area contributed by atoms with Gasteiger partial charge in [0, 0.05) is 10.0 Å². The quantitative estimate of drug-likeness (QED) is 0.814. The molecule has 0 spiro atoms. The van der Waals surface area contributed by atoms with Crippen molar-refractivity contribution in [2.75, 3.05) is 7.11 Å². The Hall–Kier alpha value is -1.69. The summed E-state index contributed by atoms with van der Waals surface area (Å²) in [5, 5.41) is 0. The highest BCUT2D eigenvalue weighted by Gasteiger charge is 2.16. The van der Waals surface area contributed by atoms with Gasteiger partial charge in [-0.25, -0.2) is 14.2 Å². The third-order valence-corrected chi connectivity index (χ3v) is 3.29. The van der Waals surface area contributed by atoms with E-state index in [1.807, 2.05) is 0 Å². The van der Waals surface area contributed by atoms with Crippen LogP contribution < -0.4 is 0 Å². The number of hydrogen-bond acceptors (Lipinski definition) is 3. The van der Waals surface area contributed by atoms with Crippen LogP contribution in [0, 0.1) is 12.7 Å². The number of carbonyl (C=O) groups excluding carboxylic acids is 1. The Morgan fingerprint density at radius 2 is 2.26 bits per heavy atom. The minimum absolute atomic E-state index is 0.232. The molecule has 4 nitrogen and oxygen atoms in total. The van der Waals surface area contributed by atoms with Crippen molar-refractivity contribution in [3.05, 3.63) is 51.8 Å². The highest BCUT2D eigenvalue weighted by Crippen LogP contribution is 2.18. The summed E-state index contributed by atoms with van der Waals surface area (Å²) < 4.78 is 20.8. The molecule has 0 bridgehead atoms. The van der Waals surface area contributed by atoms with Crippen molar-refractivity contribution < 1.29 is 13.9 Å². The molecule has 19 heavy (non-hydrogen) atoms. The van der Waals surface area contributed by atoms with E-state index in [1.165, 1.54) is 19.4 Å². The third kappa shape index (κ3) is 2.84. The molecule has 0 aliphatic carbocycles. The lowest BCUT2D eigenvalue weighted by Gasteiger charge is -2.10. The zero-order chi connectivity index (χ0) is 14.0. The van der Waals surface area contributed by atoms with E-state index in [-0.39, 0.29) is 12.4 Å². The topological polar surface area (TPSA) is 44.1 Å². The van der Waals surface area contributed by atoms with Crippen LogP contribution in [0.1, 0.15) is 21.9 Å². The Labute approximate surface area is 118 Å². The molecule has 0 fully saturated rings. The Bertz CT molecular complexity index is 625. The summed E-state index contributed by atoms with van der Waals surface area (Å²) in [5.74, 6) is -0.195. The van der Waals surface area contributed by atoms with Crippen molar-refractivity contribution in [2.24, 2.45) is 0 Å². The summed E-state index contributed by atoms with van der Waals surface area (Å²) in [6.07, 6.45) is 1.43. The van der Waals surface area contributed by atoms with Gasteiger partial charge in [-0.15, -0.1) is 0 Å². The normalized spacial score (nSPS) is 10.5. The third-order valence-electron chi connectivity index (χ3n) is 2.79. The molecule has 0 radical (unpaired) electrons. The van der Waals surface area contributed by atoms with Crippen LogP contribution in [0.4, 0.5) is 4.39 Å². The Morgan fingerprint density at radius 3 is 2.89 bits per heavy atom. The molecule has 0 atom stereocenters. The van der Waals surface area contributed by atoms with E-state index in [1.54, 1.807) is 23.6 Å². The molecule has 0 aliphatic rings. The van der Waals surface area contributed by atoms with E-state index >= 15 is 0 Å². The lowest BCUT2D eigenvalue weighted by atomic mass is 10.2. The minimum atomic E-state index is -0.488. The van der Waals surface area contributed by atoms with Gasteiger partial charge < -0.3 is 9.30 Å². The fraction of sp³-hybridized carbons (Fsp3) is 0.231. The second-order valence-corrected chi connectivity index (χ2v) is 4.92. The maximum absolute atomic E-state index is 13.8. The van der Waals surface area contributed by atoms with Crippen molar-refractivity contribution in [2.45, 2.75) is 13.5 Å². The molecule has 6 heteroatoms. The number of imidazole rings is 1. The Kier molecular flexibility index (Phi) is 3.99. The number of aryl methyl sites for hydroxylation is 1. The van der Waals surface area contributed by atoms with Gasteiger partial charge in [-0.1, -0.05) is 22.0 Å². The van der Waals surface area contributed by atoms with Crippen molar-refractivity contribution in [3.8, 4) is 0 Å². The summed E-state index contributed by atoms with van der Waals surface area (Å²) in [7, 11) is 1.30. The molecule has 0 amide bonds. The van der Waals surface area contributed by atoms with Crippen LogP contribution >= 0.6 is 15.9 Å². The van der Waals surface area contributed by atoms with Gasteiger partial charge in [-0.05, 0) is 19.1 Å². The van der Waals surface area contributed by atoms with E-state index in [2.05, 4.69) is 25.7 Å². The second-order valence-electron chi connectivity index (χ2n) is 4.00. The molecule has 2 aromatic rings. The highest BCUT2D eigenvalue weighted by atomic mass is 79.9. The van der Waals surface area contributed by atoms with E-state index in [4.69, 9.17) is 0 Å². The SMILES string of the molecule is COC(=O)c1cnc(C)n1Cc1ccc(Br)cc1F. The number of rotatable bonds is 3.